The average molecular weight is 291 g/mol. The number of carbonyl (C=O) groups is 1. The highest BCUT2D eigenvalue weighted by molar-refractivity contribution is 8.03. The third kappa shape index (κ3) is 3.35. The lowest BCUT2D eigenvalue weighted by Crippen LogP contribution is -2.46. The average Bonchev–Trinajstić information content (AvgIpc) is 2.61. The fourth-order valence-electron chi connectivity index (χ4n) is 2.49. The van der Waals surface area contributed by atoms with Gasteiger partial charge in [-0.1, -0.05) is 0 Å². The molecule has 1 unspecified atom stereocenters. The first kappa shape index (κ1) is 15.7. The van der Waals surface area contributed by atoms with Gasteiger partial charge in [0.25, 0.3) is 0 Å². The molecule has 0 radical (unpaired) electrons. The van der Waals surface area contributed by atoms with Crippen LogP contribution in [0.25, 0.3) is 0 Å². The van der Waals surface area contributed by atoms with Crippen LogP contribution in [-0.4, -0.2) is 40.7 Å². The van der Waals surface area contributed by atoms with Gasteiger partial charge < -0.3 is 9.80 Å². The molecule has 0 aromatic heterocycles. The van der Waals surface area contributed by atoms with Crippen LogP contribution in [0.5, 0.6) is 0 Å². The quantitative estimate of drug-likeness (QED) is 0.781. The van der Waals surface area contributed by atoms with Crippen molar-refractivity contribution in [2.24, 2.45) is 0 Å². The predicted octanol–water partition coefficient (Wildman–Crippen LogP) is 3.07. The van der Waals surface area contributed by atoms with Gasteiger partial charge in [-0.3, -0.25) is 4.79 Å². The topological polar surface area (TPSA) is 23.6 Å². The van der Waals surface area contributed by atoms with Crippen molar-refractivity contribution >= 4 is 30.1 Å². The van der Waals surface area contributed by atoms with Crippen LogP contribution in [0.15, 0.2) is 10.6 Å². The van der Waals surface area contributed by atoms with E-state index in [0.29, 0.717) is 18.5 Å². The molecule has 1 atom stereocenters. The Hall–Kier alpha value is -0.350. The second-order valence-electron chi connectivity index (χ2n) is 5.04. The third-order valence-corrected chi connectivity index (χ3v) is 5.04. The number of carbonyl (C=O) groups excluding carboxylic acids is 1. The van der Waals surface area contributed by atoms with Crippen LogP contribution in [0.4, 0.5) is 0 Å². The van der Waals surface area contributed by atoms with Gasteiger partial charge in [0.05, 0.1) is 12.4 Å². The van der Waals surface area contributed by atoms with Gasteiger partial charge in [-0.15, -0.1) is 24.2 Å². The van der Waals surface area contributed by atoms with E-state index in [9.17, 15) is 4.79 Å². The number of nitrogens with zero attached hydrogens (tertiary/aromatic N) is 2. The maximum Gasteiger partial charge on any atom is 0.242 e. The van der Waals surface area contributed by atoms with Crippen molar-refractivity contribution in [2.45, 2.75) is 46.1 Å². The fourth-order valence-corrected chi connectivity index (χ4v) is 3.46. The second-order valence-corrected chi connectivity index (χ2v) is 6.20. The molecule has 0 aliphatic carbocycles. The molecule has 5 heteroatoms. The number of allylic oxidation sites excluding steroid dienone is 2. The van der Waals surface area contributed by atoms with E-state index in [-0.39, 0.29) is 12.4 Å². The minimum Gasteiger partial charge on any atom is -0.356 e. The summed E-state index contributed by atoms with van der Waals surface area (Å²) in [5.41, 5.74) is 1.27. The van der Waals surface area contributed by atoms with E-state index >= 15 is 0 Å². The van der Waals surface area contributed by atoms with Crippen molar-refractivity contribution in [3.8, 4) is 0 Å². The van der Waals surface area contributed by atoms with Gasteiger partial charge in [0.2, 0.25) is 5.91 Å². The van der Waals surface area contributed by atoms with Crippen molar-refractivity contribution in [1.29, 1.82) is 0 Å². The Morgan fingerprint density at radius 2 is 2.11 bits per heavy atom. The number of likely N-dealkylation sites (tertiary alicyclic amines) is 1. The van der Waals surface area contributed by atoms with E-state index in [0.717, 1.165) is 18.8 Å². The molecule has 0 bridgehead atoms. The summed E-state index contributed by atoms with van der Waals surface area (Å²) in [5.74, 6) is 1.23. The molecular formula is C13H23ClN2OS. The van der Waals surface area contributed by atoms with Gasteiger partial charge in [-0.05, 0) is 40.0 Å². The van der Waals surface area contributed by atoms with Gasteiger partial charge in [0.15, 0.2) is 0 Å². The molecule has 0 aromatic rings. The lowest BCUT2D eigenvalue weighted by atomic mass is 10.0. The van der Waals surface area contributed by atoms with Crippen molar-refractivity contribution in [1.82, 2.24) is 9.80 Å². The van der Waals surface area contributed by atoms with Gasteiger partial charge in [-0.25, -0.2) is 0 Å². The summed E-state index contributed by atoms with van der Waals surface area (Å²) in [5, 5.41) is 0. The van der Waals surface area contributed by atoms with E-state index in [2.05, 4.69) is 30.6 Å². The van der Waals surface area contributed by atoms with Gasteiger partial charge >= 0.3 is 0 Å². The molecule has 0 N–H and O–H groups in total. The van der Waals surface area contributed by atoms with Crippen molar-refractivity contribution in [3.05, 3.63) is 10.6 Å². The first-order valence-electron chi connectivity index (χ1n) is 6.44. The maximum atomic E-state index is 12.3. The molecule has 18 heavy (non-hydrogen) atoms. The van der Waals surface area contributed by atoms with Crippen LogP contribution in [0, 0.1) is 0 Å². The minimum atomic E-state index is 0. The molecule has 104 valence electrons. The number of thioether (sulfide) groups is 1. The molecule has 3 nitrogen and oxygen atoms in total. The minimum absolute atomic E-state index is 0. The zero-order valence-corrected chi connectivity index (χ0v) is 13.1. The zero-order valence-electron chi connectivity index (χ0n) is 11.4. The summed E-state index contributed by atoms with van der Waals surface area (Å²) in [6.07, 6.45) is 3.59. The summed E-state index contributed by atoms with van der Waals surface area (Å²) in [4.78, 5) is 17.9. The molecule has 2 aliphatic rings. The Morgan fingerprint density at radius 3 is 2.67 bits per heavy atom. The Labute approximate surface area is 120 Å². The van der Waals surface area contributed by atoms with Gasteiger partial charge in [-0.2, -0.15) is 0 Å². The van der Waals surface area contributed by atoms with Crippen LogP contribution in [0.2, 0.25) is 0 Å². The normalized spacial score (nSPS) is 24.3. The number of piperidine rings is 1. The Kier molecular flexibility index (Phi) is 5.86. The zero-order chi connectivity index (χ0) is 12.4. The van der Waals surface area contributed by atoms with E-state index in [4.69, 9.17) is 0 Å². The Bertz CT molecular complexity index is 346. The fraction of sp³-hybridized carbons (Fsp3) is 0.769. The number of amides is 1. The highest BCUT2D eigenvalue weighted by atomic mass is 35.5. The van der Waals surface area contributed by atoms with Crippen LogP contribution in [0.3, 0.4) is 0 Å². The Balaban J connectivity index is 0.00000162. The number of rotatable bonds is 2. The standard InChI is InChI=1S/C13H22N2OS.ClH/c1-10-6-4-5-7-15(10)13(16)8-14-9-17-12(3)11(14)2;/h10H,4-9H2,1-3H3;1H. The van der Waals surface area contributed by atoms with E-state index in [1.54, 1.807) is 0 Å². The highest BCUT2D eigenvalue weighted by Crippen LogP contribution is 2.30. The largest absolute Gasteiger partial charge is 0.356 e. The molecule has 0 saturated carbocycles. The van der Waals surface area contributed by atoms with Crippen molar-refractivity contribution in [2.75, 3.05) is 19.0 Å². The monoisotopic (exact) mass is 290 g/mol. The summed E-state index contributed by atoms with van der Waals surface area (Å²) in [6.45, 7) is 7.92. The van der Waals surface area contributed by atoms with Crippen LogP contribution >= 0.6 is 24.2 Å². The molecule has 0 aromatic carbocycles. The summed E-state index contributed by atoms with van der Waals surface area (Å²) in [6, 6.07) is 0.428. The van der Waals surface area contributed by atoms with Gasteiger partial charge in [0, 0.05) is 23.2 Å². The molecule has 1 saturated heterocycles. The molecule has 2 rings (SSSR count). The molecule has 0 spiro atoms. The van der Waals surface area contributed by atoms with Crippen LogP contribution in [0.1, 0.15) is 40.0 Å². The highest BCUT2D eigenvalue weighted by Gasteiger charge is 2.26. The Morgan fingerprint density at radius 1 is 1.39 bits per heavy atom. The first-order valence-corrected chi connectivity index (χ1v) is 7.43. The predicted molar refractivity (Wildman–Crippen MR) is 79.8 cm³/mol. The van der Waals surface area contributed by atoms with Crippen molar-refractivity contribution < 1.29 is 4.79 Å². The number of halogens is 1. The molecular weight excluding hydrogens is 268 g/mol. The lowest BCUT2D eigenvalue weighted by molar-refractivity contribution is -0.135. The van der Waals surface area contributed by atoms with Crippen LogP contribution in [-0.2, 0) is 4.79 Å². The maximum absolute atomic E-state index is 12.3. The summed E-state index contributed by atoms with van der Waals surface area (Å²) in [7, 11) is 0. The number of hydrogen-bond donors (Lipinski definition) is 0. The molecule has 2 aliphatic heterocycles. The molecule has 2 heterocycles. The second kappa shape index (κ2) is 6.71. The smallest absolute Gasteiger partial charge is 0.242 e. The lowest BCUT2D eigenvalue weighted by Gasteiger charge is -2.35. The molecule has 1 amide bonds. The van der Waals surface area contributed by atoms with E-state index < -0.39 is 0 Å². The summed E-state index contributed by atoms with van der Waals surface area (Å²) >= 11 is 1.84. The van der Waals surface area contributed by atoms with Crippen molar-refractivity contribution in [3.63, 3.8) is 0 Å². The van der Waals surface area contributed by atoms with E-state index in [1.165, 1.54) is 23.4 Å². The SMILES string of the molecule is CC1=C(C)N(CC(=O)N2CCCCC2C)CS1.Cl. The third-order valence-electron chi connectivity index (χ3n) is 3.87. The summed E-state index contributed by atoms with van der Waals surface area (Å²) < 4.78 is 0. The first-order chi connectivity index (χ1) is 8.09. The van der Waals surface area contributed by atoms with E-state index in [1.807, 2.05) is 11.8 Å². The molecule has 1 fully saturated rings. The number of hydrogen-bond acceptors (Lipinski definition) is 3. The van der Waals surface area contributed by atoms with Gasteiger partial charge in [0.1, 0.15) is 0 Å². The van der Waals surface area contributed by atoms with Crippen LogP contribution < -0.4 is 0 Å².